The summed E-state index contributed by atoms with van der Waals surface area (Å²) in [5.41, 5.74) is 10.1. The number of imidazole rings is 3. The van der Waals surface area contributed by atoms with E-state index in [9.17, 15) is 62.7 Å². The van der Waals surface area contributed by atoms with Gasteiger partial charge in [-0.1, -0.05) is 4.98 Å². The highest BCUT2D eigenvalue weighted by atomic mass is 31.3. The summed E-state index contributed by atoms with van der Waals surface area (Å²) in [6.07, 6.45) is -15.8. The molecule has 7 unspecified atom stereocenters. The van der Waals surface area contributed by atoms with Crippen LogP contribution in [0.4, 0.5) is 11.8 Å². The number of hydrogen-bond donors (Lipinski definition) is 11. The van der Waals surface area contributed by atoms with Gasteiger partial charge in [-0.3, -0.25) is 46.4 Å². The number of aliphatic hydroxyl groups excluding tert-OH is 3. The van der Waals surface area contributed by atoms with Crippen molar-refractivity contribution < 1.29 is 108 Å². The molecule has 38 nitrogen and oxygen atoms in total. The number of anilines is 2. The number of nitrogens with zero attached hydrogens (tertiary/aromatic N) is 10. The minimum Gasteiger partial charge on any atom is -0.387 e. The number of phosphoric acid groups is 4. The first-order chi connectivity index (χ1) is 35.2. The molecule has 0 spiro atoms. The summed E-state index contributed by atoms with van der Waals surface area (Å²) >= 11 is 0. The van der Waals surface area contributed by atoms with Gasteiger partial charge >= 0.3 is 36.9 Å². The van der Waals surface area contributed by atoms with E-state index in [-0.39, 0.29) is 51.1 Å². The zero-order chi connectivity index (χ0) is 54.3. The van der Waals surface area contributed by atoms with Crippen LogP contribution in [0.25, 0.3) is 33.5 Å². The Hall–Kier alpha value is -4.95. The lowest BCUT2D eigenvalue weighted by atomic mass is 10.1. The van der Waals surface area contributed by atoms with Gasteiger partial charge in [0.05, 0.1) is 32.9 Å². The van der Waals surface area contributed by atoms with E-state index in [2.05, 4.69) is 48.5 Å². The quantitative estimate of drug-likeness (QED) is 0.0278. The van der Waals surface area contributed by atoms with Crippen molar-refractivity contribution in [2.75, 3.05) is 38.9 Å². The van der Waals surface area contributed by atoms with E-state index in [1.54, 1.807) is 0 Å². The third-order valence-corrected chi connectivity index (χ3v) is 16.8. The first kappa shape index (κ1) is 54.8. The Morgan fingerprint density at radius 3 is 2.05 bits per heavy atom. The molecule has 0 bridgehead atoms. The molecule has 0 aromatic carbocycles. The summed E-state index contributed by atoms with van der Waals surface area (Å²) in [6, 6.07) is 0. The van der Waals surface area contributed by atoms with Crippen LogP contribution in [0.1, 0.15) is 24.5 Å². The molecular formula is C33H45N14O24P4+. The predicted molar refractivity (Wildman–Crippen MR) is 239 cm³/mol. The van der Waals surface area contributed by atoms with Crippen molar-refractivity contribution in [3.05, 3.63) is 51.8 Å². The highest BCUT2D eigenvalue weighted by Gasteiger charge is 2.55. The Bertz CT molecular complexity index is 3470. The summed E-state index contributed by atoms with van der Waals surface area (Å²) in [7, 11) is -20.1. The van der Waals surface area contributed by atoms with Crippen molar-refractivity contribution in [3.63, 3.8) is 0 Å². The van der Waals surface area contributed by atoms with Crippen LogP contribution in [-0.4, -0.2) is 171 Å². The Labute approximate surface area is 416 Å². The van der Waals surface area contributed by atoms with Crippen molar-refractivity contribution in [3.8, 4) is 0 Å². The SMILES string of the molecule is COC1[C@@H](OP(=O)(O)OC[C@H]2O[C@@H](n3cnc4c(=O)[nH]c(C)nc43)C(O)[C@H]2O)[C@@H](COP(=O)(O)OP(=O)(O)OP(=O)(O)O[C@H]2O[C@@H]([n+]3cn(C)c4c(=O)[nH]c(N)nc43)[C@@H](O)C2OC)O[C@H]1n1cnc2c(N)ncnc21. The molecular weight excluding hydrogens is 1100 g/mol. The van der Waals surface area contributed by atoms with Crippen LogP contribution in [0.2, 0.25) is 0 Å². The minimum atomic E-state index is -6.25. The summed E-state index contributed by atoms with van der Waals surface area (Å²) < 4.78 is 115. The normalized spacial score (nSPS) is 30.5. The maximum atomic E-state index is 13.7. The van der Waals surface area contributed by atoms with Crippen molar-refractivity contribution in [1.29, 1.82) is 0 Å². The van der Waals surface area contributed by atoms with Crippen LogP contribution >= 0.6 is 31.3 Å². The molecule has 9 heterocycles. The number of aromatic nitrogens is 12. The van der Waals surface area contributed by atoms with Crippen LogP contribution in [0.15, 0.2) is 34.9 Å². The van der Waals surface area contributed by atoms with Crippen molar-refractivity contribution in [1.82, 2.24) is 53.6 Å². The zero-order valence-corrected chi connectivity index (χ0v) is 42.2. The van der Waals surface area contributed by atoms with Gasteiger partial charge in [0.1, 0.15) is 66.5 Å². The standard InChI is InChI=1S/C33H44N14O24P4/c1-11-40-25-15(27(51)41-11)39-9-46(25)29-18(49)17(48)12(65-29)5-63-72(53,54)68-20-13(66-31(22(20)62-4)45-8-38-14-23(34)36-7-37-24(14)45)6-64-73(55,56)70-75(59,60)71-74(57,58)69-32-21(61-3)19(50)30(67-32)47-10-44(2)16-26(47)42-33(35)43-28(16)52/h7-10,12-13,17-22,29-32,48-50H,5-6H2,1-4H3,(H9-,34,35,36,37,40,41,42,43,51,52,53,54,55,56,57,58,59,60)/p+1/t12-,13-,17+,18?,19+,20+,21?,22?,29-,30-,31-,32-/m1/s1. The maximum Gasteiger partial charge on any atom is 0.490 e. The molecule has 3 aliphatic rings. The number of fused-ring (bicyclic) bond motifs is 3. The van der Waals surface area contributed by atoms with Gasteiger partial charge in [-0.05, 0) is 6.92 Å². The molecule has 410 valence electrons. The Kier molecular flexibility index (Phi) is 14.9. The summed E-state index contributed by atoms with van der Waals surface area (Å²) in [4.78, 5) is 96.8. The second-order valence-electron chi connectivity index (χ2n) is 16.5. The number of aryl methyl sites for hydroxylation is 2. The Balaban J connectivity index is 0.886. The largest absolute Gasteiger partial charge is 0.490 e. The number of rotatable bonds is 19. The predicted octanol–water partition coefficient (Wildman–Crippen LogP) is -3.37. The number of phosphoric ester groups is 3. The van der Waals surface area contributed by atoms with Gasteiger partial charge in [0.15, 0.2) is 41.4 Å². The summed E-state index contributed by atoms with van der Waals surface area (Å²) in [6.45, 7) is -0.733. The molecule has 42 heteroatoms. The van der Waals surface area contributed by atoms with Gasteiger partial charge in [0.25, 0.3) is 17.1 Å². The second-order valence-corrected chi connectivity index (χ2v) is 22.5. The van der Waals surface area contributed by atoms with Crippen LogP contribution in [-0.2, 0) is 75.7 Å². The average molecular weight is 1150 g/mol. The van der Waals surface area contributed by atoms with Gasteiger partial charge in [-0.25, -0.2) is 47.7 Å². The molecule has 3 fully saturated rings. The summed E-state index contributed by atoms with van der Waals surface area (Å²) in [5, 5.41) is 32.9. The number of aromatic amines is 2. The lowest BCUT2D eigenvalue weighted by molar-refractivity contribution is -0.747. The number of ether oxygens (including phenoxy) is 5. The molecule has 16 atom stereocenters. The number of hydrogen-bond acceptors (Lipinski definition) is 28. The molecule has 0 radical (unpaired) electrons. The fourth-order valence-electron chi connectivity index (χ4n) is 8.43. The fourth-order valence-corrected chi connectivity index (χ4v) is 13.0. The van der Waals surface area contributed by atoms with E-state index in [1.807, 2.05) is 0 Å². The number of nitrogens with two attached hydrogens (primary N) is 2. The lowest BCUT2D eigenvalue weighted by Crippen LogP contribution is -2.46. The number of nitrogens with one attached hydrogen (secondary N) is 2. The maximum absolute atomic E-state index is 13.7. The third-order valence-electron chi connectivity index (χ3n) is 11.6. The van der Waals surface area contributed by atoms with Gasteiger partial charge in [-0.2, -0.15) is 8.62 Å². The van der Waals surface area contributed by atoms with E-state index in [1.165, 1.54) is 29.4 Å². The molecule has 75 heavy (non-hydrogen) atoms. The third kappa shape index (κ3) is 10.9. The van der Waals surface area contributed by atoms with E-state index in [4.69, 9.17) is 53.2 Å². The summed E-state index contributed by atoms with van der Waals surface area (Å²) in [5.74, 6) is -0.222. The molecule has 13 N–H and O–H groups in total. The number of H-pyrrole nitrogens is 2. The molecule has 9 rings (SSSR count). The fraction of sp³-hybridized carbons (Fsp3) is 0.545. The highest BCUT2D eigenvalue weighted by molar-refractivity contribution is 7.66. The first-order valence-corrected chi connectivity index (χ1v) is 27.3. The van der Waals surface area contributed by atoms with Crippen molar-refractivity contribution in [2.45, 2.75) is 80.7 Å². The van der Waals surface area contributed by atoms with Crippen LogP contribution in [0.3, 0.4) is 0 Å². The molecule has 0 saturated carbocycles. The Morgan fingerprint density at radius 2 is 1.35 bits per heavy atom. The number of aliphatic hydroxyl groups is 3. The van der Waals surface area contributed by atoms with E-state index >= 15 is 0 Å². The average Bonchev–Trinajstić information content (AvgIpc) is 4.16. The zero-order valence-electron chi connectivity index (χ0n) is 38.6. The van der Waals surface area contributed by atoms with Crippen LogP contribution in [0.5, 0.6) is 0 Å². The van der Waals surface area contributed by atoms with E-state index in [0.717, 1.165) is 42.3 Å². The highest BCUT2D eigenvalue weighted by Crippen LogP contribution is 2.68. The van der Waals surface area contributed by atoms with Gasteiger partial charge in [0.2, 0.25) is 18.0 Å². The molecule has 3 aliphatic heterocycles. The van der Waals surface area contributed by atoms with E-state index < -0.39 is 129 Å². The minimum absolute atomic E-state index is 0.0144. The van der Waals surface area contributed by atoms with Crippen LogP contribution < -0.4 is 27.2 Å². The molecule has 0 aliphatic carbocycles. The van der Waals surface area contributed by atoms with Gasteiger partial charge in [-0.15, -0.1) is 0 Å². The van der Waals surface area contributed by atoms with Crippen molar-refractivity contribution >= 4 is 76.5 Å². The molecule has 3 saturated heterocycles. The number of methoxy groups -OCH3 is 2. The van der Waals surface area contributed by atoms with E-state index in [0.29, 0.717) is 0 Å². The lowest BCUT2D eigenvalue weighted by Gasteiger charge is -2.26. The molecule has 6 aromatic heterocycles. The Morgan fingerprint density at radius 1 is 0.707 bits per heavy atom. The smallest absolute Gasteiger partial charge is 0.387 e. The van der Waals surface area contributed by atoms with Gasteiger partial charge in [0, 0.05) is 14.2 Å². The topological polar surface area (TPSA) is 525 Å². The van der Waals surface area contributed by atoms with Gasteiger partial charge < -0.3 is 75.0 Å². The molecule has 6 aromatic rings. The second kappa shape index (κ2) is 20.4. The first-order valence-electron chi connectivity index (χ1n) is 21.3. The number of nitrogen functional groups attached to an aromatic ring is 2. The monoisotopic (exact) mass is 1150 g/mol. The van der Waals surface area contributed by atoms with Crippen LogP contribution in [0, 0.1) is 6.92 Å². The van der Waals surface area contributed by atoms with Crippen molar-refractivity contribution in [2.24, 2.45) is 7.05 Å². The molecule has 0 amide bonds.